The van der Waals surface area contributed by atoms with Crippen molar-refractivity contribution in [2.24, 2.45) is 11.3 Å². The van der Waals surface area contributed by atoms with E-state index < -0.39 is 4.92 Å². The molecule has 2 unspecified atom stereocenters. The zero-order chi connectivity index (χ0) is 22.5. The smallest absolute Gasteiger partial charge is 0.194 e. The molecule has 162 valence electrons. The van der Waals surface area contributed by atoms with Crippen LogP contribution in [0.1, 0.15) is 75.7 Å². The van der Waals surface area contributed by atoms with Gasteiger partial charge in [0.15, 0.2) is 7.05 Å². The third-order valence-corrected chi connectivity index (χ3v) is 3.28. The molecule has 0 fully saturated rings. The molecule has 0 spiro atoms. The predicted octanol–water partition coefficient (Wildman–Crippen LogP) is 6.47. The van der Waals surface area contributed by atoms with Crippen LogP contribution in [0.15, 0.2) is 30.3 Å². The summed E-state index contributed by atoms with van der Waals surface area (Å²) in [5.41, 5.74) is -0.0561. The van der Waals surface area contributed by atoms with Gasteiger partial charge in [-0.1, -0.05) is 80.5 Å². The highest BCUT2D eigenvalue weighted by atomic mass is 16.6. The van der Waals surface area contributed by atoms with Gasteiger partial charge < -0.3 is 9.84 Å². The van der Waals surface area contributed by atoms with Gasteiger partial charge in [0.2, 0.25) is 0 Å². The third-order valence-electron chi connectivity index (χ3n) is 3.28. The fourth-order valence-corrected chi connectivity index (χ4v) is 1.88. The number of benzene rings is 1. The zero-order valence-electron chi connectivity index (χ0n) is 19.6. The van der Waals surface area contributed by atoms with Gasteiger partial charge >= 0.3 is 0 Å². The Balaban J connectivity index is -0.000000224. The van der Waals surface area contributed by atoms with Crippen molar-refractivity contribution in [2.75, 3.05) is 13.7 Å². The van der Waals surface area contributed by atoms with Crippen molar-refractivity contribution in [3.05, 3.63) is 40.4 Å². The summed E-state index contributed by atoms with van der Waals surface area (Å²) < 4.78 is 5.71. The summed E-state index contributed by atoms with van der Waals surface area (Å²) in [5.74, 6) is 1.34. The lowest BCUT2D eigenvalue weighted by atomic mass is 9.79. The van der Waals surface area contributed by atoms with Gasteiger partial charge in [-0.25, -0.2) is 0 Å². The maximum Gasteiger partial charge on any atom is 0.194 e. The van der Waals surface area contributed by atoms with E-state index >= 15 is 0 Å². The monoisotopic (exact) mass is 387 g/mol. The second-order valence-electron chi connectivity index (χ2n) is 6.04. The zero-order valence-corrected chi connectivity index (χ0v) is 19.6. The highest BCUT2D eigenvalue weighted by Crippen LogP contribution is 2.29. The second kappa shape index (κ2) is 22.4. The number of para-hydroxylation sites is 1. The van der Waals surface area contributed by atoms with Gasteiger partial charge in [-0.15, -0.1) is 0 Å². The number of nitro groups is 1. The van der Waals surface area contributed by atoms with Crippen LogP contribution >= 0.6 is 0 Å². The molecule has 27 heavy (non-hydrogen) atoms. The number of aliphatic hydroxyl groups excluding tert-OH is 1. The molecule has 0 heterocycles. The molecule has 1 rings (SSSR count). The maximum atomic E-state index is 9.67. The van der Waals surface area contributed by atoms with Crippen molar-refractivity contribution in [2.45, 2.75) is 81.8 Å². The first-order valence-corrected chi connectivity index (χ1v) is 10.1. The van der Waals surface area contributed by atoms with Crippen LogP contribution in [0.2, 0.25) is 0 Å². The van der Waals surface area contributed by atoms with Crippen LogP contribution in [0.4, 0.5) is 0 Å². The van der Waals surface area contributed by atoms with E-state index in [0.717, 1.165) is 19.2 Å². The standard InChI is InChI=1S/C15H24O2.3C2H6.CH3NO2/c1-12(10-15(3,4)13(2)16)11-17-14-8-6-5-7-9-14;3*1-2;1-2(3)4/h5-9,12-13,16H,10-11H2,1-4H3;3*1-2H3;1H3. The Morgan fingerprint density at radius 1 is 1.04 bits per heavy atom. The number of ether oxygens (including phenoxy) is 1. The number of hydrogen-bond acceptors (Lipinski definition) is 4. The highest BCUT2D eigenvalue weighted by Gasteiger charge is 2.26. The van der Waals surface area contributed by atoms with Crippen LogP contribution in [0.3, 0.4) is 0 Å². The number of nitrogens with zero attached hydrogens (tertiary/aromatic N) is 1. The van der Waals surface area contributed by atoms with Crippen molar-refractivity contribution in [3.8, 4) is 5.75 Å². The molecular weight excluding hydrogens is 342 g/mol. The molecule has 0 amide bonds. The van der Waals surface area contributed by atoms with Crippen LogP contribution in [0.5, 0.6) is 5.75 Å². The summed E-state index contributed by atoms with van der Waals surface area (Å²) in [6.45, 7) is 20.9. The average molecular weight is 388 g/mol. The Morgan fingerprint density at radius 2 is 1.41 bits per heavy atom. The van der Waals surface area contributed by atoms with Gasteiger partial charge in [0, 0.05) is 4.92 Å². The minimum Gasteiger partial charge on any atom is -0.493 e. The molecule has 0 radical (unpaired) electrons. The Hall–Kier alpha value is -1.62. The largest absolute Gasteiger partial charge is 0.493 e. The normalized spacial score (nSPS) is 11.3. The molecular formula is C22H45NO4. The second-order valence-corrected chi connectivity index (χ2v) is 6.04. The van der Waals surface area contributed by atoms with E-state index in [4.69, 9.17) is 14.9 Å². The molecule has 1 N–H and O–H groups in total. The van der Waals surface area contributed by atoms with Crippen molar-refractivity contribution < 1.29 is 14.8 Å². The molecule has 0 aliphatic rings. The third kappa shape index (κ3) is 24.4. The lowest BCUT2D eigenvalue weighted by Gasteiger charge is -2.30. The number of aliphatic hydroxyl groups is 1. The first-order chi connectivity index (χ1) is 12.6. The van der Waals surface area contributed by atoms with E-state index in [1.165, 1.54) is 0 Å². The van der Waals surface area contributed by atoms with Crippen molar-refractivity contribution >= 4 is 0 Å². The molecule has 1 aromatic rings. The Labute approximate surface area is 168 Å². The summed E-state index contributed by atoms with van der Waals surface area (Å²) >= 11 is 0. The lowest BCUT2D eigenvalue weighted by molar-refractivity contribution is -0.445. The molecule has 2 atom stereocenters. The maximum absolute atomic E-state index is 9.67. The molecule has 0 bridgehead atoms. The van der Waals surface area contributed by atoms with E-state index in [1.54, 1.807) is 0 Å². The minimum atomic E-state index is -0.500. The quantitative estimate of drug-likeness (QED) is 0.448. The van der Waals surface area contributed by atoms with Crippen LogP contribution in [0, 0.1) is 21.4 Å². The number of hydrogen-bond donors (Lipinski definition) is 1. The van der Waals surface area contributed by atoms with Gasteiger partial charge in [0.1, 0.15) is 5.75 Å². The molecule has 0 aromatic heterocycles. The van der Waals surface area contributed by atoms with Gasteiger partial charge in [0.05, 0.1) is 12.7 Å². The summed E-state index contributed by atoms with van der Waals surface area (Å²) in [6.07, 6.45) is 0.666. The van der Waals surface area contributed by atoms with E-state index in [9.17, 15) is 5.11 Å². The summed E-state index contributed by atoms with van der Waals surface area (Å²) in [5, 5.41) is 18.5. The fraction of sp³-hybridized carbons (Fsp3) is 0.727. The highest BCUT2D eigenvalue weighted by molar-refractivity contribution is 5.20. The van der Waals surface area contributed by atoms with Crippen LogP contribution in [0.25, 0.3) is 0 Å². The minimum absolute atomic E-state index is 0.0561. The Morgan fingerprint density at radius 3 is 1.74 bits per heavy atom. The predicted molar refractivity (Wildman–Crippen MR) is 118 cm³/mol. The SMILES string of the molecule is CC.CC.CC.CC(COc1ccccc1)CC(C)(C)C(C)O.C[N+](=O)[O-]. The van der Waals surface area contributed by atoms with E-state index in [1.807, 2.05) is 78.8 Å². The molecule has 1 aromatic carbocycles. The number of rotatable bonds is 6. The first kappa shape index (κ1) is 33.0. The molecule has 5 heteroatoms. The topological polar surface area (TPSA) is 72.6 Å². The van der Waals surface area contributed by atoms with E-state index in [0.29, 0.717) is 12.5 Å². The van der Waals surface area contributed by atoms with Crippen LogP contribution < -0.4 is 4.74 Å². The average Bonchev–Trinajstić information content (AvgIpc) is 2.65. The van der Waals surface area contributed by atoms with Gasteiger partial charge in [-0.3, -0.25) is 10.1 Å². The molecule has 0 saturated carbocycles. The van der Waals surface area contributed by atoms with E-state index in [2.05, 4.69) is 20.8 Å². The van der Waals surface area contributed by atoms with Crippen molar-refractivity contribution in [1.29, 1.82) is 0 Å². The van der Waals surface area contributed by atoms with Crippen LogP contribution in [-0.4, -0.2) is 29.8 Å². The molecule has 0 saturated heterocycles. The van der Waals surface area contributed by atoms with Crippen molar-refractivity contribution in [1.82, 2.24) is 0 Å². The molecule has 0 aliphatic heterocycles. The van der Waals surface area contributed by atoms with Gasteiger partial charge in [0.25, 0.3) is 0 Å². The summed E-state index contributed by atoms with van der Waals surface area (Å²) in [7, 11) is 0.889. The van der Waals surface area contributed by atoms with Crippen LogP contribution in [-0.2, 0) is 0 Å². The molecule has 0 aliphatic carbocycles. The Kier molecular flexibility index (Phi) is 27.4. The van der Waals surface area contributed by atoms with Gasteiger partial charge in [-0.05, 0) is 36.8 Å². The Bertz CT molecular complexity index is 402. The van der Waals surface area contributed by atoms with Crippen molar-refractivity contribution in [3.63, 3.8) is 0 Å². The first-order valence-electron chi connectivity index (χ1n) is 10.1. The fourth-order valence-electron chi connectivity index (χ4n) is 1.88. The van der Waals surface area contributed by atoms with Gasteiger partial charge in [-0.2, -0.15) is 0 Å². The molecule has 5 nitrogen and oxygen atoms in total. The van der Waals surface area contributed by atoms with E-state index in [-0.39, 0.29) is 11.5 Å². The summed E-state index contributed by atoms with van der Waals surface area (Å²) in [4.78, 5) is 8.31. The summed E-state index contributed by atoms with van der Waals surface area (Å²) in [6, 6.07) is 9.85. The lowest BCUT2D eigenvalue weighted by Crippen LogP contribution is -2.29.